The molecule has 0 heterocycles. The molecule has 0 saturated heterocycles. The van der Waals surface area contributed by atoms with Crippen LogP contribution < -0.4 is 14.8 Å². The lowest BCUT2D eigenvalue weighted by molar-refractivity contribution is 0.593. The average molecular weight is 243 g/mol. The zero-order chi connectivity index (χ0) is 12.0. The van der Waals surface area contributed by atoms with Crippen molar-refractivity contribution in [2.75, 3.05) is 18.3 Å². The van der Waals surface area contributed by atoms with Crippen LogP contribution in [0.25, 0.3) is 0 Å². The summed E-state index contributed by atoms with van der Waals surface area (Å²) in [7, 11) is -2.08. The number of anilines is 1. The summed E-state index contributed by atoms with van der Waals surface area (Å²) < 4.78 is 27.4. The molecule has 5 nitrogen and oxygen atoms in total. The fraction of sp³-hybridized carbons (Fsp3) is 0.400. The van der Waals surface area contributed by atoms with E-state index in [1.807, 2.05) is 19.1 Å². The quantitative estimate of drug-likeness (QED) is 0.688. The zero-order valence-corrected chi connectivity index (χ0v) is 10.3. The molecule has 6 heteroatoms. The summed E-state index contributed by atoms with van der Waals surface area (Å²) in [5, 5.41) is 3.15. The summed E-state index contributed by atoms with van der Waals surface area (Å²) in [5.41, 5.74) is 1.51. The molecular formula is C10H17N3O2S. The van der Waals surface area contributed by atoms with Gasteiger partial charge < -0.3 is 5.32 Å². The SMILES string of the molecule is CCNCc1ccccc1NS(=O)(=O)NC. The molecule has 0 atom stereocenters. The Kier molecular flexibility index (Phi) is 4.72. The van der Waals surface area contributed by atoms with Crippen LogP contribution in [0.15, 0.2) is 24.3 Å². The standard InChI is InChI=1S/C10H17N3O2S/c1-3-12-8-9-6-4-5-7-10(9)13-16(14,15)11-2/h4-7,11-13H,3,8H2,1-2H3. The highest BCUT2D eigenvalue weighted by molar-refractivity contribution is 7.90. The van der Waals surface area contributed by atoms with Crippen molar-refractivity contribution in [2.45, 2.75) is 13.5 Å². The fourth-order valence-corrected chi connectivity index (χ4v) is 1.82. The minimum Gasteiger partial charge on any atom is -0.313 e. The molecule has 0 amide bonds. The number of hydrogen-bond donors (Lipinski definition) is 3. The van der Waals surface area contributed by atoms with Crippen molar-refractivity contribution in [1.82, 2.24) is 10.0 Å². The van der Waals surface area contributed by atoms with Gasteiger partial charge in [-0.15, -0.1) is 0 Å². The van der Waals surface area contributed by atoms with Gasteiger partial charge in [0.25, 0.3) is 10.2 Å². The van der Waals surface area contributed by atoms with Crippen LogP contribution in [0, 0.1) is 0 Å². The zero-order valence-electron chi connectivity index (χ0n) is 9.45. The van der Waals surface area contributed by atoms with Gasteiger partial charge in [-0.1, -0.05) is 25.1 Å². The molecule has 90 valence electrons. The molecule has 1 aromatic rings. The lowest BCUT2D eigenvalue weighted by atomic mass is 10.2. The Labute approximate surface area is 96.4 Å². The van der Waals surface area contributed by atoms with Crippen molar-refractivity contribution in [1.29, 1.82) is 0 Å². The van der Waals surface area contributed by atoms with Gasteiger partial charge in [0, 0.05) is 13.6 Å². The molecular weight excluding hydrogens is 226 g/mol. The van der Waals surface area contributed by atoms with Crippen molar-refractivity contribution in [3.63, 3.8) is 0 Å². The predicted octanol–water partition coefficient (Wildman–Crippen LogP) is 0.672. The first-order chi connectivity index (χ1) is 7.59. The van der Waals surface area contributed by atoms with E-state index in [1.54, 1.807) is 12.1 Å². The number of hydrogen-bond acceptors (Lipinski definition) is 3. The average Bonchev–Trinajstić information content (AvgIpc) is 2.27. The predicted molar refractivity (Wildman–Crippen MR) is 65.4 cm³/mol. The van der Waals surface area contributed by atoms with Crippen LogP contribution in [-0.2, 0) is 16.8 Å². The minimum atomic E-state index is -3.45. The molecule has 0 aromatic heterocycles. The first-order valence-electron chi connectivity index (χ1n) is 5.09. The second-order valence-electron chi connectivity index (χ2n) is 3.25. The molecule has 1 rings (SSSR count). The fourth-order valence-electron chi connectivity index (χ4n) is 1.23. The molecule has 0 aliphatic rings. The van der Waals surface area contributed by atoms with Gasteiger partial charge in [0.1, 0.15) is 0 Å². The van der Waals surface area contributed by atoms with Crippen molar-refractivity contribution in [2.24, 2.45) is 0 Å². The molecule has 0 radical (unpaired) electrons. The van der Waals surface area contributed by atoms with Crippen LogP contribution in [-0.4, -0.2) is 22.0 Å². The van der Waals surface area contributed by atoms with E-state index in [4.69, 9.17) is 0 Å². The molecule has 0 aliphatic carbocycles. The van der Waals surface area contributed by atoms with Crippen LogP contribution >= 0.6 is 0 Å². The van der Waals surface area contributed by atoms with E-state index in [9.17, 15) is 8.42 Å². The van der Waals surface area contributed by atoms with Gasteiger partial charge >= 0.3 is 0 Å². The Morgan fingerprint density at radius 3 is 2.56 bits per heavy atom. The molecule has 0 saturated carbocycles. The number of rotatable bonds is 6. The monoisotopic (exact) mass is 243 g/mol. The van der Waals surface area contributed by atoms with Crippen molar-refractivity contribution in [3.05, 3.63) is 29.8 Å². The Morgan fingerprint density at radius 2 is 1.94 bits per heavy atom. The highest BCUT2D eigenvalue weighted by atomic mass is 32.2. The highest BCUT2D eigenvalue weighted by Gasteiger charge is 2.08. The maximum Gasteiger partial charge on any atom is 0.298 e. The van der Waals surface area contributed by atoms with Crippen LogP contribution in [0.2, 0.25) is 0 Å². The topological polar surface area (TPSA) is 70.2 Å². The van der Waals surface area contributed by atoms with Gasteiger partial charge in [-0.25, -0.2) is 4.72 Å². The molecule has 1 aromatic carbocycles. The van der Waals surface area contributed by atoms with Crippen LogP contribution in [0.3, 0.4) is 0 Å². The highest BCUT2D eigenvalue weighted by Crippen LogP contribution is 2.15. The van der Waals surface area contributed by atoms with Crippen molar-refractivity contribution in [3.8, 4) is 0 Å². The summed E-state index contributed by atoms with van der Waals surface area (Å²) >= 11 is 0. The molecule has 16 heavy (non-hydrogen) atoms. The number of para-hydroxylation sites is 1. The Morgan fingerprint density at radius 1 is 1.25 bits per heavy atom. The lowest BCUT2D eigenvalue weighted by Gasteiger charge is -2.11. The van der Waals surface area contributed by atoms with Crippen molar-refractivity contribution >= 4 is 15.9 Å². The summed E-state index contributed by atoms with van der Waals surface area (Å²) in [6.45, 7) is 3.48. The first kappa shape index (κ1) is 13.0. The smallest absolute Gasteiger partial charge is 0.298 e. The number of nitrogens with one attached hydrogen (secondary N) is 3. The van der Waals surface area contributed by atoms with Crippen LogP contribution in [0.4, 0.5) is 5.69 Å². The molecule has 0 aliphatic heterocycles. The van der Waals surface area contributed by atoms with Gasteiger partial charge in [0.15, 0.2) is 0 Å². The van der Waals surface area contributed by atoms with Crippen molar-refractivity contribution < 1.29 is 8.42 Å². The summed E-state index contributed by atoms with van der Waals surface area (Å²) in [6, 6.07) is 7.30. The third-order valence-corrected chi connectivity index (χ3v) is 3.12. The molecule has 0 spiro atoms. The Bertz CT molecular complexity index is 431. The van der Waals surface area contributed by atoms with E-state index in [1.165, 1.54) is 7.05 Å². The maximum atomic E-state index is 11.4. The number of benzene rings is 1. The molecule has 0 fully saturated rings. The third-order valence-electron chi connectivity index (χ3n) is 2.10. The van der Waals surface area contributed by atoms with Gasteiger partial charge in [0.05, 0.1) is 5.69 Å². The van der Waals surface area contributed by atoms with Gasteiger partial charge in [0.2, 0.25) is 0 Å². The van der Waals surface area contributed by atoms with Crippen LogP contribution in [0.5, 0.6) is 0 Å². The van der Waals surface area contributed by atoms with E-state index in [0.29, 0.717) is 12.2 Å². The molecule has 0 unspecified atom stereocenters. The second kappa shape index (κ2) is 5.83. The van der Waals surface area contributed by atoms with E-state index in [-0.39, 0.29) is 0 Å². The summed E-state index contributed by atoms with van der Waals surface area (Å²) in [6.07, 6.45) is 0. The second-order valence-corrected chi connectivity index (χ2v) is 4.87. The largest absolute Gasteiger partial charge is 0.313 e. The first-order valence-corrected chi connectivity index (χ1v) is 6.57. The summed E-state index contributed by atoms with van der Waals surface area (Å²) in [4.78, 5) is 0. The summed E-state index contributed by atoms with van der Waals surface area (Å²) in [5.74, 6) is 0. The third kappa shape index (κ3) is 3.80. The Hall–Kier alpha value is -1.11. The molecule has 0 bridgehead atoms. The van der Waals surface area contributed by atoms with Crippen LogP contribution in [0.1, 0.15) is 12.5 Å². The lowest BCUT2D eigenvalue weighted by Crippen LogP contribution is -2.27. The van der Waals surface area contributed by atoms with Gasteiger partial charge in [-0.05, 0) is 18.2 Å². The Balaban J connectivity index is 2.86. The van der Waals surface area contributed by atoms with E-state index in [0.717, 1.165) is 12.1 Å². The van der Waals surface area contributed by atoms with Gasteiger partial charge in [-0.3, -0.25) is 4.72 Å². The minimum absolute atomic E-state index is 0.595. The van der Waals surface area contributed by atoms with E-state index in [2.05, 4.69) is 14.8 Å². The molecule has 3 N–H and O–H groups in total. The van der Waals surface area contributed by atoms with E-state index >= 15 is 0 Å². The van der Waals surface area contributed by atoms with E-state index < -0.39 is 10.2 Å². The maximum absolute atomic E-state index is 11.4. The van der Waals surface area contributed by atoms with Gasteiger partial charge in [-0.2, -0.15) is 8.42 Å². The normalized spacial score (nSPS) is 11.4.